The predicted octanol–water partition coefficient (Wildman–Crippen LogP) is 0.146. The lowest BCUT2D eigenvalue weighted by Crippen LogP contribution is -2.09. The molecule has 54 valence electrons. The average molecular weight is 137 g/mol. The molecular formula is C7H11N3. The number of nitrogens with zero attached hydrogens (tertiary/aromatic N) is 1. The van der Waals surface area contributed by atoms with Crippen LogP contribution in [0.2, 0.25) is 0 Å². The highest BCUT2D eigenvalue weighted by Crippen LogP contribution is 1.99. The minimum absolute atomic E-state index is 0.658. The number of allylic oxidation sites excluding steroid dienone is 2. The standard InChI is InChI=1S/C7H11N3/c8-6-2-1-4-10-5-3-7(6)9/h1-2,5H,3-4,8-9H2/b2-1?,7-6-,10-5-. The highest BCUT2D eigenvalue weighted by atomic mass is 14.7. The van der Waals surface area contributed by atoms with Crippen molar-refractivity contribution in [3.63, 3.8) is 0 Å². The van der Waals surface area contributed by atoms with Crippen molar-refractivity contribution in [2.45, 2.75) is 6.42 Å². The Balaban J connectivity index is 2.80. The molecule has 4 N–H and O–H groups in total. The van der Waals surface area contributed by atoms with E-state index in [0.29, 0.717) is 24.4 Å². The molecule has 0 aromatic rings. The number of aliphatic imine (C=N–C) groups is 1. The highest BCUT2D eigenvalue weighted by Gasteiger charge is 1.94. The normalized spacial score (nSPS) is 29.2. The predicted molar refractivity (Wildman–Crippen MR) is 42.5 cm³/mol. The third kappa shape index (κ3) is 1.62. The van der Waals surface area contributed by atoms with Gasteiger partial charge in [0.05, 0.1) is 12.2 Å². The molecule has 1 heterocycles. The molecule has 0 bridgehead atoms. The van der Waals surface area contributed by atoms with Gasteiger partial charge >= 0.3 is 0 Å². The first-order valence-corrected chi connectivity index (χ1v) is 3.19. The van der Waals surface area contributed by atoms with Crippen LogP contribution >= 0.6 is 0 Å². The van der Waals surface area contributed by atoms with Crippen LogP contribution in [-0.2, 0) is 0 Å². The van der Waals surface area contributed by atoms with Crippen LogP contribution in [0.4, 0.5) is 0 Å². The van der Waals surface area contributed by atoms with Crippen molar-refractivity contribution in [1.29, 1.82) is 0 Å². The van der Waals surface area contributed by atoms with Gasteiger partial charge in [0.2, 0.25) is 0 Å². The fourth-order valence-electron chi connectivity index (χ4n) is 0.703. The summed E-state index contributed by atoms with van der Waals surface area (Å²) in [5.74, 6) is 0. The van der Waals surface area contributed by atoms with E-state index in [-0.39, 0.29) is 0 Å². The van der Waals surface area contributed by atoms with E-state index in [1.807, 2.05) is 6.08 Å². The first kappa shape index (κ1) is 6.86. The SMILES string of the molecule is N/C1=C(\N)C/C=N\CC=C1. The molecule has 1 aliphatic rings. The molecule has 1 aliphatic heterocycles. The molecule has 0 spiro atoms. The van der Waals surface area contributed by atoms with Gasteiger partial charge in [-0.1, -0.05) is 6.08 Å². The van der Waals surface area contributed by atoms with Gasteiger partial charge in [-0.15, -0.1) is 0 Å². The van der Waals surface area contributed by atoms with E-state index in [1.165, 1.54) is 0 Å². The van der Waals surface area contributed by atoms with Gasteiger partial charge in [-0.25, -0.2) is 0 Å². The average Bonchev–Trinajstić information content (AvgIpc) is 1.92. The summed E-state index contributed by atoms with van der Waals surface area (Å²) in [7, 11) is 0. The first-order chi connectivity index (χ1) is 4.80. The summed E-state index contributed by atoms with van der Waals surface area (Å²) < 4.78 is 0. The Morgan fingerprint density at radius 2 is 2.20 bits per heavy atom. The Bertz CT molecular complexity index is 201. The summed E-state index contributed by atoms with van der Waals surface area (Å²) in [6.07, 6.45) is 6.13. The molecule has 0 unspecified atom stereocenters. The van der Waals surface area contributed by atoms with Crippen LogP contribution < -0.4 is 11.5 Å². The Morgan fingerprint density at radius 3 is 3.00 bits per heavy atom. The van der Waals surface area contributed by atoms with E-state index >= 15 is 0 Å². The molecule has 0 saturated carbocycles. The fourth-order valence-corrected chi connectivity index (χ4v) is 0.703. The lowest BCUT2D eigenvalue weighted by atomic mass is 10.2. The van der Waals surface area contributed by atoms with Gasteiger partial charge < -0.3 is 11.5 Å². The summed E-state index contributed by atoms with van der Waals surface area (Å²) in [6, 6.07) is 0. The van der Waals surface area contributed by atoms with Crippen molar-refractivity contribution < 1.29 is 0 Å². The first-order valence-electron chi connectivity index (χ1n) is 3.19. The third-order valence-electron chi connectivity index (χ3n) is 1.32. The third-order valence-corrected chi connectivity index (χ3v) is 1.32. The molecule has 0 radical (unpaired) electrons. The number of nitrogens with two attached hydrogens (primary N) is 2. The zero-order valence-corrected chi connectivity index (χ0v) is 5.75. The van der Waals surface area contributed by atoms with Crippen molar-refractivity contribution in [3.8, 4) is 0 Å². The zero-order chi connectivity index (χ0) is 7.40. The van der Waals surface area contributed by atoms with Crippen LogP contribution in [0.5, 0.6) is 0 Å². The second-order valence-electron chi connectivity index (χ2n) is 2.13. The Hall–Kier alpha value is -1.25. The van der Waals surface area contributed by atoms with Crippen LogP contribution in [0.25, 0.3) is 0 Å². The molecule has 10 heavy (non-hydrogen) atoms. The van der Waals surface area contributed by atoms with Gasteiger partial charge in [0.1, 0.15) is 0 Å². The molecule has 0 aliphatic carbocycles. The smallest absolute Gasteiger partial charge is 0.0570 e. The maximum atomic E-state index is 5.56. The van der Waals surface area contributed by atoms with Crippen LogP contribution in [0.1, 0.15) is 6.42 Å². The second-order valence-corrected chi connectivity index (χ2v) is 2.13. The largest absolute Gasteiger partial charge is 0.400 e. The lowest BCUT2D eigenvalue weighted by Gasteiger charge is -2.01. The highest BCUT2D eigenvalue weighted by molar-refractivity contribution is 5.62. The number of hydrogen-bond acceptors (Lipinski definition) is 3. The minimum Gasteiger partial charge on any atom is -0.400 e. The van der Waals surface area contributed by atoms with Gasteiger partial charge in [-0.2, -0.15) is 0 Å². The molecule has 3 heteroatoms. The number of rotatable bonds is 0. The summed E-state index contributed by atoms with van der Waals surface area (Å²) in [5, 5.41) is 0. The zero-order valence-electron chi connectivity index (χ0n) is 5.75. The lowest BCUT2D eigenvalue weighted by molar-refractivity contribution is 1.11. The summed E-state index contributed by atoms with van der Waals surface area (Å²) in [4.78, 5) is 4.03. The fraction of sp³-hybridized carbons (Fsp3) is 0.286. The van der Waals surface area contributed by atoms with E-state index in [9.17, 15) is 0 Å². The summed E-state index contributed by atoms with van der Waals surface area (Å²) >= 11 is 0. The van der Waals surface area contributed by atoms with Crippen LogP contribution in [0, 0.1) is 0 Å². The molecule has 0 saturated heterocycles. The second kappa shape index (κ2) is 3.06. The quantitative estimate of drug-likeness (QED) is 0.499. The van der Waals surface area contributed by atoms with Crippen molar-refractivity contribution >= 4 is 6.21 Å². The van der Waals surface area contributed by atoms with Gasteiger partial charge in [-0.05, 0) is 6.08 Å². The Kier molecular flexibility index (Phi) is 2.10. The topological polar surface area (TPSA) is 64.4 Å². The molecule has 0 atom stereocenters. The monoisotopic (exact) mass is 137 g/mol. The molecule has 3 nitrogen and oxygen atoms in total. The van der Waals surface area contributed by atoms with Gasteiger partial charge in [0.25, 0.3) is 0 Å². The molecular weight excluding hydrogens is 126 g/mol. The molecule has 0 aromatic carbocycles. The molecule has 0 fully saturated rings. The summed E-state index contributed by atoms with van der Waals surface area (Å²) in [6.45, 7) is 0.702. The molecule has 0 aromatic heterocycles. The van der Waals surface area contributed by atoms with Gasteiger partial charge in [0.15, 0.2) is 0 Å². The van der Waals surface area contributed by atoms with Gasteiger partial charge in [0, 0.05) is 18.3 Å². The van der Waals surface area contributed by atoms with E-state index in [2.05, 4.69) is 4.99 Å². The Labute approximate surface area is 60.1 Å². The van der Waals surface area contributed by atoms with E-state index < -0.39 is 0 Å². The molecule has 0 amide bonds. The summed E-state index contributed by atoms with van der Waals surface area (Å²) in [5.41, 5.74) is 12.5. The van der Waals surface area contributed by atoms with Crippen molar-refractivity contribution in [2.24, 2.45) is 16.5 Å². The van der Waals surface area contributed by atoms with Gasteiger partial charge in [-0.3, -0.25) is 4.99 Å². The van der Waals surface area contributed by atoms with E-state index in [1.54, 1.807) is 12.3 Å². The van der Waals surface area contributed by atoms with Crippen molar-refractivity contribution in [1.82, 2.24) is 0 Å². The van der Waals surface area contributed by atoms with Crippen LogP contribution in [0.15, 0.2) is 28.5 Å². The van der Waals surface area contributed by atoms with Crippen molar-refractivity contribution in [3.05, 3.63) is 23.5 Å². The maximum Gasteiger partial charge on any atom is 0.0570 e. The van der Waals surface area contributed by atoms with E-state index in [4.69, 9.17) is 11.5 Å². The Morgan fingerprint density at radius 1 is 1.40 bits per heavy atom. The minimum atomic E-state index is 0.658. The van der Waals surface area contributed by atoms with Crippen molar-refractivity contribution in [2.75, 3.05) is 6.54 Å². The van der Waals surface area contributed by atoms with E-state index in [0.717, 1.165) is 0 Å². The maximum absolute atomic E-state index is 5.56. The molecule has 1 rings (SSSR count). The van der Waals surface area contributed by atoms with Crippen LogP contribution in [-0.4, -0.2) is 12.8 Å². The van der Waals surface area contributed by atoms with Crippen LogP contribution in [0.3, 0.4) is 0 Å². The number of hydrogen-bond donors (Lipinski definition) is 2.